The van der Waals surface area contributed by atoms with Crippen LogP contribution in [0.2, 0.25) is 0 Å². The molecule has 0 saturated carbocycles. The van der Waals surface area contributed by atoms with E-state index in [1.807, 2.05) is 0 Å². The van der Waals surface area contributed by atoms with E-state index in [1.54, 1.807) is 24.3 Å². The van der Waals surface area contributed by atoms with Gasteiger partial charge < -0.3 is 11.1 Å². The Bertz CT molecular complexity index is 459. The summed E-state index contributed by atoms with van der Waals surface area (Å²) in [7, 11) is 0. The summed E-state index contributed by atoms with van der Waals surface area (Å²) in [5.74, 6) is 0.00752. The van der Waals surface area contributed by atoms with Gasteiger partial charge in [0.1, 0.15) is 0 Å². The number of anilines is 1. The SMILES string of the molecule is Nc1ccc(C(=O)NCC23CCCN2CCC3)cc1. The van der Waals surface area contributed by atoms with Crippen LogP contribution in [-0.2, 0) is 0 Å². The Hall–Kier alpha value is -1.55. The highest BCUT2D eigenvalue weighted by atomic mass is 16.1. The minimum absolute atomic E-state index is 0.00752. The Kier molecular flexibility index (Phi) is 3.19. The normalized spacial score (nSPS) is 21.3. The highest BCUT2D eigenvalue weighted by Crippen LogP contribution is 2.38. The van der Waals surface area contributed by atoms with Gasteiger partial charge in [0.25, 0.3) is 5.91 Å². The molecule has 0 unspecified atom stereocenters. The zero-order chi connectivity index (χ0) is 13.3. The molecule has 19 heavy (non-hydrogen) atoms. The molecule has 0 spiro atoms. The molecule has 4 heteroatoms. The maximum atomic E-state index is 12.1. The third-order valence-corrected chi connectivity index (χ3v) is 4.56. The van der Waals surface area contributed by atoms with Gasteiger partial charge in [0.2, 0.25) is 0 Å². The van der Waals surface area contributed by atoms with Crippen LogP contribution in [0.15, 0.2) is 24.3 Å². The summed E-state index contributed by atoms with van der Waals surface area (Å²) in [6.45, 7) is 3.16. The first kappa shape index (κ1) is 12.5. The maximum Gasteiger partial charge on any atom is 0.251 e. The summed E-state index contributed by atoms with van der Waals surface area (Å²) in [6.07, 6.45) is 4.96. The molecule has 1 aromatic carbocycles. The monoisotopic (exact) mass is 259 g/mol. The summed E-state index contributed by atoms with van der Waals surface area (Å²) in [4.78, 5) is 14.7. The number of benzene rings is 1. The summed E-state index contributed by atoms with van der Waals surface area (Å²) in [5.41, 5.74) is 7.25. The van der Waals surface area contributed by atoms with E-state index in [-0.39, 0.29) is 11.4 Å². The van der Waals surface area contributed by atoms with Crippen LogP contribution in [0.4, 0.5) is 5.69 Å². The molecule has 2 aliphatic heterocycles. The molecule has 102 valence electrons. The van der Waals surface area contributed by atoms with Crippen molar-refractivity contribution in [3.8, 4) is 0 Å². The highest BCUT2D eigenvalue weighted by molar-refractivity contribution is 5.94. The zero-order valence-corrected chi connectivity index (χ0v) is 11.2. The van der Waals surface area contributed by atoms with Gasteiger partial charge in [-0.25, -0.2) is 0 Å². The van der Waals surface area contributed by atoms with Gasteiger partial charge in [-0.2, -0.15) is 0 Å². The van der Waals surface area contributed by atoms with E-state index in [2.05, 4.69) is 10.2 Å². The number of nitrogens with zero attached hydrogens (tertiary/aromatic N) is 1. The lowest BCUT2D eigenvalue weighted by molar-refractivity contribution is 0.0919. The lowest BCUT2D eigenvalue weighted by Gasteiger charge is -2.32. The van der Waals surface area contributed by atoms with E-state index < -0.39 is 0 Å². The Labute approximate surface area is 114 Å². The van der Waals surface area contributed by atoms with Gasteiger partial charge in [0.05, 0.1) is 0 Å². The minimum Gasteiger partial charge on any atom is -0.399 e. The van der Waals surface area contributed by atoms with Crippen molar-refractivity contribution >= 4 is 11.6 Å². The topological polar surface area (TPSA) is 58.4 Å². The quantitative estimate of drug-likeness (QED) is 0.811. The smallest absolute Gasteiger partial charge is 0.251 e. The molecule has 0 aliphatic carbocycles. The summed E-state index contributed by atoms with van der Waals surface area (Å²) >= 11 is 0. The Morgan fingerprint density at radius 3 is 2.47 bits per heavy atom. The van der Waals surface area contributed by atoms with Crippen LogP contribution in [0.3, 0.4) is 0 Å². The van der Waals surface area contributed by atoms with E-state index in [4.69, 9.17) is 5.73 Å². The summed E-state index contributed by atoms with van der Waals surface area (Å²) in [6, 6.07) is 7.10. The van der Waals surface area contributed by atoms with Crippen LogP contribution in [0.1, 0.15) is 36.0 Å². The predicted octanol–water partition coefficient (Wildman–Crippen LogP) is 1.63. The number of nitrogens with one attached hydrogen (secondary N) is 1. The van der Waals surface area contributed by atoms with Crippen molar-refractivity contribution in [2.75, 3.05) is 25.4 Å². The van der Waals surface area contributed by atoms with E-state index in [0.717, 1.165) is 6.54 Å². The Morgan fingerprint density at radius 1 is 1.21 bits per heavy atom. The second kappa shape index (κ2) is 4.85. The van der Waals surface area contributed by atoms with Gasteiger partial charge in [-0.3, -0.25) is 9.69 Å². The van der Waals surface area contributed by atoms with Gasteiger partial charge in [-0.15, -0.1) is 0 Å². The molecule has 0 aromatic heterocycles. The number of fused-ring (bicyclic) bond motifs is 1. The second-order valence-corrected chi connectivity index (χ2v) is 5.72. The Balaban J connectivity index is 1.63. The number of carbonyl (C=O) groups is 1. The van der Waals surface area contributed by atoms with Gasteiger partial charge in [-0.1, -0.05) is 0 Å². The number of carbonyl (C=O) groups excluding carboxylic acids is 1. The predicted molar refractivity (Wildman–Crippen MR) is 76.0 cm³/mol. The fourth-order valence-electron chi connectivity index (χ4n) is 3.50. The van der Waals surface area contributed by atoms with E-state index >= 15 is 0 Å². The molecule has 2 fully saturated rings. The van der Waals surface area contributed by atoms with Gasteiger partial charge in [0, 0.05) is 23.3 Å². The molecule has 3 N–H and O–H groups in total. The van der Waals surface area contributed by atoms with E-state index in [9.17, 15) is 4.79 Å². The van der Waals surface area contributed by atoms with Gasteiger partial charge in [-0.05, 0) is 63.0 Å². The molecule has 0 atom stereocenters. The van der Waals surface area contributed by atoms with Crippen molar-refractivity contribution in [1.82, 2.24) is 10.2 Å². The van der Waals surface area contributed by atoms with Crippen LogP contribution in [0.5, 0.6) is 0 Å². The third kappa shape index (κ3) is 2.32. The lowest BCUT2D eigenvalue weighted by atomic mass is 9.94. The second-order valence-electron chi connectivity index (χ2n) is 5.72. The molecule has 2 aliphatic rings. The van der Waals surface area contributed by atoms with Crippen molar-refractivity contribution in [2.24, 2.45) is 0 Å². The molecule has 2 saturated heterocycles. The van der Waals surface area contributed by atoms with Crippen LogP contribution >= 0.6 is 0 Å². The first-order valence-corrected chi connectivity index (χ1v) is 7.08. The van der Waals surface area contributed by atoms with Gasteiger partial charge in [0.15, 0.2) is 0 Å². The standard InChI is InChI=1S/C15H21N3O/c16-13-5-3-12(4-6-13)14(19)17-11-15-7-1-9-18(15)10-2-8-15/h3-6H,1-2,7-11,16H2,(H,17,19). The van der Waals surface area contributed by atoms with Crippen molar-refractivity contribution in [3.63, 3.8) is 0 Å². The average molecular weight is 259 g/mol. The number of nitrogens with two attached hydrogens (primary N) is 1. The molecule has 1 amide bonds. The van der Waals surface area contributed by atoms with Crippen LogP contribution < -0.4 is 11.1 Å². The van der Waals surface area contributed by atoms with E-state index in [1.165, 1.54) is 38.8 Å². The van der Waals surface area contributed by atoms with Crippen molar-refractivity contribution in [2.45, 2.75) is 31.2 Å². The molecule has 0 bridgehead atoms. The summed E-state index contributed by atoms with van der Waals surface area (Å²) < 4.78 is 0. The van der Waals surface area contributed by atoms with E-state index in [0.29, 0.717) is 11.3 Å². The van der Waals surface area contributed by atoms with Crippen molar-refractivity contribution < 1.29 is 4.79 Å². The first-order chi connectivity index (χ1) is 9.20. The summed E-state index contributed by atoms with van der Waals surface area (Å²) in [5, 5.41) is 3.10. The molecular formula is C15H21N3O. The maximum absolute atomic E-state index is 12.1. The van der Waals surface area contributed by atoms with Crippen molar-refractivity contribution in [3.05, 3.63) is 29.8 Å². The Morgan fingerprint density at radius 2 is 1.84 bits per heavy atom. The molecule has 3 rings (SSSR count). The molecule has 4 nitrogen and oxygen atoms in total. The fraction of sp³-hybridized carbons (Fsp3) is 0.533. The number of hydrogen-bond donors (Lipinski definition) is 2. The first-order valence-electron chi connectivity index (χ1n) is 7.08. The number of amides is 1. The molecule has 0 radical (unpaired) electrons. The average Bonchev–Trinajstić information content (AvgIpc) is 2.96. The molecule has 1 aromatic rings. The zero-order valence-electron chi connectivity index (χ0n) is 11.2. The number of hydrogen-bond acceptors (Lipinski definition) is 3. The fourth-order valence-corrected chi connectivity index (χ4v) is 3.50. The third-order valence-electron chi connectivity index (χ3n) is 4.56. The lowest BCUT2D eigenvalue weighted by Crippen LogP contribution is -2.48. The largest absolute Gasteiger partial charge is 0.399 e. The van der Waals surface area contributed by atoms with Crippen LogP contribution in [0, 0.1) is 0 Å². The highest BCUT2D eigenvalue weighted by Gasteiger charge is 2.44. The molecule has 2 heterocycles. The van der Waals surface area contributed by atoms with Crippen LogP contribution in [0.25, 0.3) is 0 Å². The minimum atomic E-state index is 0.00752. The van der Waals surface area contributed by atoms with Crippen molar-refractivity contribution in [1.29, 1.82) is 0 Å². The number of rotatable bonds is 3. The number of nitrogen functional groups attached to an aromatic ring is 1. The van der Waals surface area contributed by atoms with Gasteiger partial charge >= 0.3 is 0 Å². The molecular weight excluding hydrogens is 238 g/mol. The van der Waals surface area contributed by atoms with Crippen LogP contribution in [-0.4, -0.2) is 36.0 Å².